The average molecular weight is 257 g/mol. The van der Waals surface area contributed by atoms with Crippen LogP contribution in [0.4, 0.5) is 0 Å². The van der Waals surface area contributed by atoms with E-state index in [0.29, 0.717) is 5.92 Å². The molecule has 2 aliphatic rings. The summed E-state index contributed by atoms with van der Waals surface area (Å²) in [5.74, 6) is 2.43. The first-order valence-electron chi connectivity index (χ1n) is 8.14. The highest BCUT2D eigenvalue weighted by atomic mass is 14.7. The fourth-order valence-corrected chi connectivity index (χ4v) is 3.97. The van der Waals surface area contributed by atoms with Gasteiger partial charge in [-0.2, -0.15) is 0 Å². The van der Waals surface area contributed by atoms with Gasteiger partial charge in [0.15, 0.2) is 0 Å². The Kier molecular flexibility index (Phi) is 3.93. The molecule has 0 amide bonds. The van der Waals surface area contributed by atoms with Crippen LogP contribution in [-0.4, -0.2) is 0 Å². The van der Waals surface area contributed by atoms with Crippen molar-refractivity contribution in [3.63, 3.8) is 0 Å². The third kappa shape index (κ3) is 2.58. The summed E-state index contributed by atoms with van der Waals surface area (Å²) in [5.41, 5.74) is 9.64. The maximum absolute atomic E-state index is 6.63. The van der Waals surface area contributed by atoms with Crippen LogP contribution in [0.5, 0.6) is 0 Å². The van der Waals surface area contributed by atoms with Crippen molar-refractivity contribution in [3.8, 4) is 0 Å². The average Bonchev–Trinajstić information content (AvgIpc) is 2.85. The van der Waals surface area contributed by atoms with Crippen LogP contribution in [-0.2, 0) is 0 Å². The first kappa shape index (κ1) is 13.2. The molecule has 0 aliphatic heterocycles. The van der Waals surface area contributed by atoms with Gasteiger partial charge in [0.05, 0.1) is 0 Å². The molecule has 104 valence electrons. The van der Waals surface area contributed by atoms with E-state index in [-0.39, 0.29) is 6.04 Å². The lowest BCUT2D eigenvalue weighted by molar-refractivity contribution is 0.391. The molecule has 1 aromatic carbocycles. The van der Waals surface area contributed by atoms with E-state index in [0.717, 1.165) is 11.8 Å². The van der Waals surface area contributed by atoms with E-state index >= 15 is 0 Å². The Morgan fingerprint density at radius 1 is 1.16 bits per heavy atom. The summed E-state index contributed by atoms with van der Waals surface area (Å²) in [6.45, 7) is 2.32. The van der Waals surface area contributed by atoms with E-state index in [1.165, 1.54) is 50.5 Å². The molecule has 0 radical (unpaired) electrons. The molecule has 3 atom stereocenters. The summed E-state index contributed by atoms with van der Waals surface area (Å²) in [6.07, 6.45) is 9.52. The quantitative estimate of drug-likeness (QED) is 0.825. The Balaban J connectivity index is 1.77. The van der Waals surface area contributed by atoms with Gasteiger partial charge in [-0.15, -0.1) is 0 Å². The van der Waals surface area contributed by atoms with Crippen molar-refractivity contribution in [1.29, 1.82) is 0 Å². The van der Waals surface area contributed by atoms with Crippen LogP contribution in [0.2, 0.25) is 0 Å². The van der Waals surface area contributed by atoms with Gasteiger partial charge in [-0.3, -0.25) is 0 Å². The first-order chi connectivity index (χ1) is 9.29. The van der Waals surface area contributed by atoms with Gasteiger partial charge >= 0.3 is 0 Å². The summed E-state index contributed by atoms with van der Waals surface area (Å²) in [5, 5.41) is 0. The Hall–Kier alpha value is -0.820. The summed E-state index contributed by atoms with van der Waals surface area (Å²) in [7, 11) is 0. The van der Waals surface area contributed by atoms with Crippen LogP contribution in [0.3, 0.4) is 0 Å². The van der Waals surface area contributed by atoms with Crippen LogP contribution in [0.25, 0.3) is 0 Å². The van der Waals surface area contributed by atoms with Crippen molar-refractivity contribution in [1.82, 2.24) is 0 Å². The minimum Gasteiger partial charge on any atom is -0.324 e. The molecule has 3 rings (SSSR count). The Labute approximate surface area is 117 Å². The highest BCUT2D eigenvalue weighted by molar-refractivity contribution is 5.34. The molecule has 0 saturated heterocycles. The molecule has 0 heterocycles. The van der Waals surface area contributed by atoms with Crippen molar-refractivity contribution < 1.29 is 0 Å². The van der Waals surface area contributed by atoms with E-state index in [1.807, 2.05) is 0 Å². The maximum Gasteiger partial charge on any atom is 0.0326 e. The number of benzene rings is 1. The minimum atomic E-state index is 0.272. The molecule has 0 spiro atoms. The zero-order chi connectivity index (χ0) is 13.2. The van der Waals surface area contributed by atoms with E-state index in [4.69, 9.17) is 5.73 Å². The topological polar surface area (TPSA) is 26.0 Å². The first-order valence-corrected chi connectivity index (χ1v) is 8.14. The summed E-state index contributed by atoms with van der Waals surface area (Å²) in [4.78, 5) is 0. The molecule has 1 heteroatoms. The molecule has 2 N–H and O–H groups in total. The van der Waals surface area contributed by atoms with Crippen LogP contribution in [0.15, 0.2) is 24.3 Å². The molecule has 2 saturated carbocycles. The van der Waals surface area contributed by atoms with Gasteiger partial charge in [-0.25, -0.2) is 0 Å². The van der Waals surface area contributed by atoms with Crippen molar-refractivity contribution in [2.45, 2.75) is 63.8 Å². The molecular formula is C18H27N. The molecule has 0 bridgehead atoms. The lowest BCUT2D eigenvalue weighted by Gasteiger charge is -2.31. The Bertz CT molecular complexity index is 421. The number of rotatable bonds is 4. The summed E-state index contributed by atoms with van der Waals surface area (Å²) < 4.78 is 0. The highest BCUT2D eigenvalue weighted by Gasteiger charge is 2.31. The van der Waals surface area contributed by atoms with E-state index in [1.54, 1.807) is 5.56 Å². The fraction of sp³-hybridized carbons (Fsp3) is 0.667. The third-order valence-electron chi connectivity index (χ3n) is 5.57. The fourth-order valence-electron chi connectivity index (χ4n) is 3.97. The van der Waals surface area contributed by atoms with Gasteiger partial charge in [0.25, 0.3) is 0 Å². The number of hydrogen-bond donors (Lipinski definition) is 1. The molecule has 1 nitrogen and oxygen atoms in total. The van der Waals surface area contributed by atoms with Crippen molar-refractivity contribution in [3.05, 3.63) is 35.4 Å². The second-order valence-corrected chi connectivity index (χ2v) is 6.63. The lowest BCUT2D eigenvalue weighted by Crippen LogP contribution is -2.23. The lowest BCUT2D eigenvalue weighted by atomic mass is 9.75. The second-order valence-electron chi connectivity index (χ2n) is 6.63. The standard InChI is InChI=1S/C18H27N/c1-2-13-10-11-15(12-13)18(19)17-9-4-3-8-16(17)14-6-5-7-14/h3-4,8-9,13-15,18H,2,5-7,10-12,19H2,1H3. The monoisotopic (exact) mass is 257 g/mol. The van der Waals surface area contributed by atoms with Gasteiger partial charge in [0, 0.05) is 6.04 Å². The normalized spacial score (nSPS) is 29.2. The van der Waals surface area contributed by atoms with Crippen LogP contribution in [0.1, 0.15) is 75.0 Å². The van der Waals surface area contributed by atoms with Gasteiger partial charge < -0.3 is 5.73 Å². The van der Waals surface area contributed by atoms with Gasteiger partial charge in [0.1, 0.15) is 0 Å². The Morgan fingerprint density at radius 3 is 2.58 bits per heavy atom. The van der Waals surface area contributed by atoms with E-state index in [9.17, 15) is 0 Å². The molecule has 3 unspecified atom stereocenters. The zero-order valence-electron chi connectivity index (χ0n) is 12.1. The largest absolute Gasteiger partial charge is 0.324 e. The predicted molar refractivity (Wildman–Crippen MR) is 81.1 cm³/mol. The van der Waals surface area contributed by atoms with Crippen molar-refractivity contribution in [2.24, 2.45) is 17.6 Å². The smallest absolute Gasteiger partial charge is 0.0326 e. The molecule has 1 aromatic rings. The highest BCUT2D eigenvalue weighted by Crippen LogP contribution is 2.44. The zero-order valence-corrected chi connectivity index (χ0v) is 12.1. The van der Waals surface area contributed by atoms with Crippen molar-refractivity contribution in [2.75, 3.05) is 0 Å². The van der Waals surface area contributed by atoms with Gasteiger partial charge in [-0.05, 0) is 54.6 Å². The predicted octanol–water partition coefficient (Wildman–Crippen LogP) is 4.78. The number of nitrogens with two attached hydrogens (primary N) is 1. The van der Waals surface area contributed by atoms with E-state index in [2.05, 4.69) is 31.2 Å². The van der Waals surface area contributed by atoms with Gasteiger partial charge in [0.2, 0.25) is 0 Å². The molecular weight excluding hydrogens is 230 g/mol. The second kappa shape index (κ2) is 5.66. The molecule has 19 heavy (non-hydrogen) atoms. The maximum atomic E-state index is 6.63. The van der Waals surface area contributed by atoms with Crippen LogP contribution < -0.4 is 5.73 Å². The molecule has 0 aromatic heterocycles. The number of hydrogen-bond acceptors (Lipinski definition) is 1. The molecule has 2 fully saturated rings. The van der Waals surface area contributed by atoms with Gasteiger partial charge in [-0.1, -0.05) is 50.5 Å². The SMILES string of the molecule is CCC1CCC(C(N)c2ccccc2C2CCC2)C1. The van der Waals surface area contributed by atoms with Crippen molar-refractivity contribution >= 4 is 0 Å². The molecule has 2 aliphatic carbocycles. The Morgan fingerprint density at radius 2 is 1.95 bits per heavy atom. The van der Waals surface area contributed by atoms with Crippen LogP contribution >= 0.6 is 0 Å². The summed E-state index contributed by atoms with van der Waals surface area (Å²) in [6, 6.07) is 9.24. The minimum absolute atomic E-state index is 0.272. The van der Waals surface area contributed by atoms with Crippen LogP contribution in [0, 0.1) is 11.8 Å². The summed E-state index contributed by atoms with van der Waals surface area (Å²) >= 11 is 0. The third-order valence-corrected chi connectivity index (χ3v) is 5.57. The van der Waals surface area contributed by atoms with E-state index < -0.39 is 0 Å².